The van der Waals surface area contributed by atoms with Gasteiger partial charge in [-0.3, -0.25) is 0 Å². The zero-order chi connectivity index (χ0) is 14.2. The second kappa shape index (κ2) is 5.65. The molecule has 2 aliphatic carbocycles. The number of benzene rings is 1. The van der Waals surface area contributed by atoms with Gasteiger partial charge in [0.2, 0.25) is 0 Å². The summed E-state index contributed by atoms with van der Waals surface area (Å²) in [6, 6.07) is 5.62. The van der Waals surface area contributed by atoms with Crippen LogP contribution in [0.25, 0.3) is 0 Å². The topological polar surface area (TPSA) is 12.0 Å². The minimum absolute atomic E-state index is 0.0971. The van der Waals surface area contributed by atoms with Crippen molar-refractivity contribution >= 4 is 11.6 Å². The van der Waals surface area contributed by atoms with Gasteiger partial charge in [-0.2, -0.15) is 0 Å². The number of rotatable bonds is 4. The van der Waals surface area contributed by atoms with Crippen LogP contribution < -0.4 is 5.32 Å². The number of nitrogens with one attached hydrogen (secondary N) is 1. The first-order chi connectivity index (χ1) is 9.59. The zero-order valence-corrected chi connectivity index (χ0v) is 12.8. The van der Waals surface area contributed by atoms with Gasteiger partial charge < -0.3 is 5.32 Å². The van der Waals surface area contributed by atoms with Gasteiger partial charge >= 0.3 is 0 Å². The Labute approximate surface area is 125 Å². The number of hydrogen-bond donors (Lipinski definition) is 1. The summed E-state index contributed by atoms with van der Waals surface area (Å²) in [4.78, 5) is 0. The standard InChI is InChI=1S/C17H23ClFN/c1-12-6-8-17(9-7-12,11-20-14-3-4-14)15-5-2-13(19)10-16(15)18/h2,5,10,12,14,20H,3-4,6-9,11H2,1H3. The summed E-state index contributed by atoms with van der Waals surface area (Å²) in [5.41, 5.74) is 1.24. The monoisotopic (exact) mass is 295 g/mol. The lowest BCUT2D eigenvalue weighted by Crippen LogP contribution is -2.42. The van der Waals surface area contributed by atoms with Crippen LogP contribution in [0.4, 0.5) is 4.39 Å². The molecule has 0 radical (unpaired) electrons. The van der Waals surface area contributed by atoms with Crippen molar-refractivity contribution < 1.29 is 4.39 Å². The third-order valence-corrected chi connectivity index (χ3v) is 5.35. The van der Waals surface area contributed by atoms with E-state index in [0.29, 0.717) is 11.1 Å². The average molecular weight is 296 g/mol. The van der Waals surface area contributed by atoms with E-state index in [1.807, 2.05) is 6.07 Å². The molecule has 2 fully saturated rings. The maximum absolute atomic E-state index is 13.3. The van der Waals surface area contributed by atoms with E-state index in [-0.39, 0.29) is 11.2 Å². The molecule has 0 amide bonds. The van der Waals surface area contributed by atoms with E-state index in [9.17, 15) is 4.39 Å². The molecule has 0 atom stereocenters. The maximum Gasteiger partial charge on any atom is 0.124 e. The highest BCUT2D eigenvalue weighted by molar-refractivity contribution is 6.31. The molecule has 0 heterocycles. The van der Waals surface area contributed by atoms with Gasteiger partial charge in [-0.1, -0.05) is 24.6 Å². The molecule has 0 spiro atoms. The Hall–Kier alpha value is -0.600. The van der Waals surface area contributed by atoms with Gasteiger partial charge in [0.15, 0.2) is 0 Å². The molecule has 0 unspecified atom stereocenters. The maximum atomic E-state index is 13.3. The number of halogens is 2. The molecular weight excluding hydrogens is 273 g/mol. The largest absolute Gasteiger partial charge is 0.313 e. The molecular formula is C17H23ClFN. The van der Waals surface area contributed by atoms with Crippen molar-refractivity contribution in [1.82, 2.24) is 5.32 Å². The molecule has 2 aliphatic rings. The molecule has 1 aromatic carbocycles. The van der Waals surface area contributed by atoms with Crippen LogP contribution in [0.3, 0.4) is 0 Å². The van der Waals surface area contributed by atoms with Gasteiger partial charge in [0.05, 0.1) is 0 Å². The fourth-order valence-electron chi connectivity index (χ4n) is 3.40. The lowest BCUT2D eigenvalue weighted by molar-refractivity contribution is 0.233. The molecule has 1 nitrogen and oxygen atoms in total. The lowest BCUT2D eigenvalue weighted by atomic mass is 9.67. The van der Waals surface area contributed by atoms with Crippen molar-refractivity contribution in [2.45, 2.75) is 56.9 Å². The Morgan fingerprint density at radius 1 is 1.25 bits per heavy atom. The average Bonchev–Trinajstić information content (AvgIpc) is 3.23. The molecule has 3 heteroatoms. The third-order valence-electron chi connectivity index (χ3n) is 5.04. The molecule has 3 rings (SSSR count). The highest BCUT2D eigenvalue weighted by Gasteiger charge is 2.38. The Morgan fingerprint density at radius 2 is 1.95 bits per heavy atom. The smallest absolute Gasteiger partial charge is 0.124 e. The number of hydrogen-bond acceptors (Lipinski definition) is 1. The molecule has 1 N–H and O–H groups in total. The molecule has 0 aliphatic heterocycles. The fourth-order valence-corrected chi connectivity index (χ4v) is 3.77. The van der Waals surface area contributed by atoms with Crippen LogP contribution >= 0.6 is 11.6 Å². The van der Waals surface area contributed by atoms with Crippen LogP contribution in [0.1, 0.15) is 51.0 Å². The van der Waals surface area contributed by atoms with Gasteiger partial charge in [-0.05, 0) is 62.1 Å². The van der Waals surface area contributed by atoms with Crippen molar-refractivity contribution in [3.63, 3.8) is 0 Å². The summed E-state index contributed by atoms with van der Waals surface area (Å²) in [5.74, 6) is 0.552. The molecule has 0 aromatic heterocycles. The second-order valence-electron chi connectivity index (χ2n) is 6.74. The summed E-state index contributed by atoms with van der Waals surface area (Å²) < 4.78 is 13.3. The normalized spacial score (nSPS) is 30.4. The Morgan fingerprint density at radius 3 is 2.55 bits per heavy atom. The van der Waals surface area contributed by atoms with Gasteiger partial charge in [0.25, 0.3) is 0 Å². The Kier molecular flexibility index (Phi) is 4.05. The first-order valence-electron chi connectivity index (χ1n) is 7.78. The highest BCUT2D eigenvalue weighted by atomic mass is 35.5. The van der Waals surface area contributed by atoms with Crippen molar-refractivity contribution in [3.8, 4) is 0 Å². The fraction of sp³-hybridized carbons (Fsp3) is 0.647. The third kappa shape index (κ3) is 3.01. The predicted octanol–water partition coefficient (Wildman–Crippen LogP) is 4.68. The van der Waals surface area contributed by atoms with E-state index in [4.69, 9.17) is 11.6 Å². The second-order valence-corrected chi connectivity index (χ2v) is 7.15. The van der Waals surface area contributed by atoms with E-state index in [2.05, 4.69) is 12.2 Å². The van der Waals surface area contributed by atoms with E-state index >= 15 is 0 Å². The molecule has 0 bridgehead atoms. The van der Waals surface area contributed by atoms with Crippen molar-refractivity contribution in [1.29, 1.82) is 0 Å². The molecule has 110 valence electrons. The predicted molar refractivity (Wildman–Crippen MR) is 81.7 cm³/mol. The van der Waals surface area contributed by atoms with Crippen LogP contribution in [0.15, 0.2) is 18.2 Å². The molecule has 20 heavy (non-hydrogen) atoms. The SMILES string of the molecule is CC1CCC(CNC2CC2)(c2ccc(F)cc2Cl)CC1. The Balaban J connectivity index is 1.86. The van der Waals surface area contributed by atoms with E-state index < -0.39 is 0 Å². The minimum atomic E-state index is -0.242. The summed E-state index contributed by atoms with van der Waals surface area (Å²) >= 11 is 6.35. The van der Waals surface area contributed by atoms with E-state index in [0.717, 1.165) is 30.9 Å². The summed E-state index contributed by atoms with van der Waals surface area (Å²) in [7, 11) is 0. The minimum Gasteiger partial charge on any atom is -0.313 e. The zero-order valence-electron chi connectivity index (χ0n) is 12.1. The van der Waals surface area contributed by atoms with Gasteiger partial charge in [-0.25, -0.2) is 4.39 Å². The van der Waals surface area contributed by atoms with Gasteiger partial charge in [0, 0.05) is 23.0 Å². The molecule has 1 aromatic rings. The van der Waals surface area contributed by atoms with Crippen molar-refractivity contribution in [2.24, 2.45) is 5.92 Å². The van der Waals surface area contributed by atoms with Crippen LogP contribution in [0.5, 0.6) is 0 Å². The van der Waals surface area contributed by atoms with Gasteiger partial charge in [0.1, 0.15) is 5.82 Å². The van der Waals surface area contributed by atoms with Crippen molar-refractivity contribution in [2.75, 3.05) is 6.54 Å². The van der Waals surface area contributed by atoms with E-state index in [1.165, 1.54) is 31.7 Å². The molecule has 2 saturated carbocycles. The summed E-state index contributed by atoms with van der Waals surface area (Å²) in [6.07, 6.45) is 7.37. The summed E-state index contributed by atoms with van der Waals surface area (Å²) in [5, 5.41) is 4.26. The molecule has 0 saturated heterocycles. The first-order valence-corrected chi connectivity index (χ1v) is 8.16. The van der Waals surface area contributed by atoms with Crippen molar-refractivity contribution in [3.05, 3.63) is 34.6 Å². The van der Waals surface area contributed by atoms with Gasteiger partial charge in [-0.15, -0.1) is 0 Å². The van der Waals surface area contributed by atoms with Crippen LogP contribution in [-0.4, -0.2) is 12.6 Å². The summed E-state index contributed by atoms with van der Waals surface area (Å²) in [6.45, 7) is 3.31. The van der Waals surface area contributed by atoms with E-state index in [1.54, 1.807) is 6.07 Å². The van der Waals surface area contributed by atoms with Crippen LogP contribution in [-0.2, 0) is 5.41 Å². The quantitative estimate of drug-likeness (QED) is 0.850. The lowest BCUT2D eigenvalue weighted by Gasteiger charge is -2.41. The first kappa shape index (κ1) is 14.3. The highest BCUT2D eigenvalue weighted by Crippen LogP contribution is 2.44. The Bertz CT molecular complexity index is 476. The van der Waals surface area contributed by atoms with Crippen LogP contribution in [0, 0.1) is 11.7 Å². The van der Waals surface area contributed by atoms with Crippen LogP contribution in [0.2, 0.25) is 5.02 Å².